The van der Waals surface area contributed by atoms with E-state index in [1.165, 1.54) is 31.1 Å². The molecule has 0 spiro atoms. The predicted octanol–water partition coefficient (Wildman–Crippen LogP) is 2.75. The number of hydrogen-bond donors (Lipinski definition) is 2. The first kappa shape index (κ1) is 11.1. The van der Waals surface area contributed by atoms with E-state index < -0.39 is 5.82 Å². The molecule has 2 aromatic rings. The number of H-pyrrole nitrogens is 1. The molecule has 3 heterocycles. The van der Waals surface area contributed by atoms with E-state index in [-0.39, 0.29) is 5.75 Å². The number of piperidine rings is 1. The molecule has 1 saturated carbocycles. The third kappa shape index (κ3) is 1.23. The zero-order valence-corrected chi connectivity index (χ0v) is 11.2. The van der Waals surface area contributed by atoms with Crippen molar-refractivity contribution in [2.45, 2.75) is 31.2 Å². The lowest BCUT2D eigenvalue weighted by atomic mass is 9.93. The molecular weight excluding hydrogens is 255 g/mol. The van der Waals surface area contributed by atoms with Crippen molar-refractivity contribution < 1.29 is 9.50 Å². The molecule has 1 aromatic heterocycles. The van der Waals surface area contributed by atoms with E-state index in [1.807, 2.05) is 0 Å². The van der Waals surface area contributed by atoms with Crippen molar-refractivity contribution in [3.63, 3.8) is 0 Å². The van der Waals surface area contributed by atoms with Gasteiger partial charge in [0.05, 0.1) is 0 Å². The van der Waals surface area contributed by atoms with Gasteiger partial charge in [0.15, 0.2) is 11.6 Å². The summed E-state index contributed by atoms with van der Waals surface area (Å²) >= 11 is 0. The molecule has 2 aliphatic heterocycles. The van der Waals surface area contributed by atoms with Crippen molar-refractivity contribution in [1.29, 1.82) is 0 Å². The molecule has 0 amide bonds. The van der Waals surface area contributed by atoms with Gasteiger partial charge in [-0.25, -0.2) is 4.39 Å². The largest absolute Gasteiger partial charge is 0.505 e. The average molecular weight is 272 g/mol. The number of aromatic amines is 1. The lowest BCUT2D eigenvalue weighted by Gasteiger charge is -2.30. The van der Waals surface area contributed by atoms with E-state index in [4.69, 9.17) is 0 Å². The van der Waals surface area contributed by atoms with Crippen LogP contribution in [0.15, 0.2) is 12.1 Å². The van der Waals surface area contributed by atoms with Crippen molar-refractivity contribution in [3.8, 4) is 5.75 Å². The van der Waals surface area contributed by atoms with Gasteiger partial charge in [-0.15, -0.1) is 0 Å². The minimum atomic E-state index is -0.459. The van der Waals surface area contributed by atoms with Crippen LogP contribution in [0, 0.1) is 11.7 Å². The summed E-state index contributed by atoms with van der Waals surface area (Å²) in [4.78, 5) is 6.04. The van der Waals surface area contributed by atoms with Crippen molar-refractivity contribution in [3.05, 3.63) is 29.2 Å². The van der Waals surface area contributed by atoms with Crippen LogP contribution in [0.2, 0.25) is 0 Å². The molecule has 1 aliphatic carbocycles. The van der Waals surface area contributed by atoms with Crippen LogP contribution in [0.5, 0.6) is 5.75 Å². The summed E-state index contributed by atoms with van der Waals surface area (Å²) in [7, 11) is 0. The van der Waals surface area contributed by atoms with Crippen LogP contribution >= 0.6 is 0 Å². The number of phenols is 1. The van der Waals surface area contributed by atoms with Crippen LogP contribution in [0.1, 0.15) is 30.0 Å². The highest BCUT2D eigenvalue weighted by atomic mass is 19.1. The van der Waals surface area contributed by atoms with Crippen molar-refractivity contribution in [1.82, 2.24) is 9.88 Å². The van der Waals surface area contributed by atoms with Crippen LogP contribution in [-0.2, 0) is 6.42 Å². The van der Waals surface area contributed by atoms with Gasteiger partial charge in [-0.3, -0.25) is 4.90 Å². The fourth-order valence-electron chi connectivity index (χ4n) is 4.86. The van der Waals surface area contributed by atoms with E-state index in [1.54, 1.807) is 6.07 Å². The number of benzene rings is 1. The van der Waals surface area contributed by atoms with Gasteiger partial charge in [0, 0.05) is 41.6 Å². The van der Waals surface area contributed by atoms with Crippen LogP contribution in [-0.4, -0.2) is 34.1 Å². The summed E-state index contributed by atoms with van der Waals surface area (Å²) < 4.78 is 14.3. The fourth-order valence-corrected chi connectivity index (χ4v) is 4.86. The highest BCUT2D eigenvalue weighted by Crippen LogP contribution is 2.50. The van der Waals surface area contributed by atoms with Gasteiger partial charge in [-0.05, 0) is 42.9 Å². The van der Waals surface area contributed by atoms with Gasteiger partial charge >= 0.3 is 0 Å². The molecule has 20 heavy (non-hydrogen) atoms. The number of aromatic nitrogens is 1. The van der Waals surface area contributed by atoms with Crippen LogP contribution in [0.4, 0.5) is 4.39 Å². The van der Waals surface area contributed by atoms with E-state index >= 15 is 0 Å². The highest BCUT2D eigenvalue weighted by molar-refractivity contribution is 5.87. The van der Waals surface area contributed by atoms with E-state index in [9.17, 15) is 9.50 Å². The SMILES string of the molecule is Oc1ccc2[nH]c3c(c2c1F)CCN1C[C@@H]2C[C@@H]3[C@@H]1C2. The van der Waals surface area contributed by atoms with Crippen molar-refractivity contribution >= 4 is 10.9 Å². The molecule has 104 valence electrons. The number of nitrogens with one attached hydrogen (secondary N) is 1. The molecule has 2 fully saturated rings. The summed E-state index contributed by atoms with van der Waals surface area (Å²) in [5, 5.41) is 10.3. The Morgan fingerprint density at radius 1 is 1.30 bits per heavy atom. The first-order chi connectivity index (χ1) is 9.72. The topological polar surface area (TPSA) is 39.3 Å². The molecular formula is C16H17FN2O. The molecule has 1 aromatic carbocycles. The lowest BCUT2D eigenvalue weighted by Crippen LogP contribution is -2.36. The van der Waals surface area contributed by atoms with Crippen LogP contribution < -0.4 is 0 Å². The zero-order valence-electron chi connectivity index (χ0n) is 11.2. The molecule has 3 atom stereocenters. The first-order valence-electron chi connectivity index (χ1n) is 7.48. The van der Waals surface area contributed by atoms with E-state index in [0.717, 1.165) is 30.0 Å². The van der Waals surface area contributed by atoms with E-state index in [2.05, 4.69) is 9.88 Å². The standard InChI is InChI=1S/C16H17FN2O/c17-15-13(20)2-1-11-14(15)9-3-4-19-7-8-5-10(12(19)6-8)16(9)18-11/h1-2,8,10,12,18,20H,3-7H2/t8-,10-,12+/m1/s1. The molecule has 2 N–H and O–H groups in total. The van der Waals surface area contributed by atoms with Gasteiger partial charge in [-0.1, -0.05) is 0 Å². The zero-order chi connectivity index (χ0) is 13.4. The molecule has 2 bridgehead atoms. The Bertz CT molecular complexity index is 723. The fraction of sp³-hybridized carbons (Fsp3) is 0.500. The molecule has 4 heteroatoms. The number of fused-ring (bicyclic) bond motifs is 5. The predicted molar refractivity (Wildman–Crippen MR) is 74.5 cm³/mol. The normalized spacial score (nSPS) is 31.8. The second-order valence-electron chi connectivity index (χ2n) is 6.59. The minimum absolute atomic E-state index is 0.240. The Hall–Kier alpha value is -1.55. The van der Waals surface area contributed by atoms with Crippen molar-refractivity contribution in [2.24, 2.45) is 5.92 Å². The molecule has 3 nitrogen and oxygen atoms in total. The molecule has 3 aliphatic rings. The number of nitrogens with zero attached hydrogens (tertiary/aromatic N) is 1. The Labute approximate surface area is 116 Å². The first-order valence-corrected chi connectivity index (χ1v) is 7.48. The molecule has 0 radical (unpaired) electrons. The van der Waals surface area contributed by atoms with Gasteiger partial charge in [0.25, 0.3) is 0 Å². The lowest BCUT2D eigenvalue weighted by molar-refractivity contribution is 0.201. The monoisotopic (exact) mass is 272 g/mol. The summed E-state index contributed by atoms with van der Waals surface area (Å²) in [6.45, 7) is 2.24. The average Bonchev–Trinajstić information content (AvgIpc) is 3.10. The third-order valence-electron chi connectivity index (χ3n) is 5.63. The van der Waals surface area contributed by atoms with Crippen LogP contribution in [0.3, 0.4) is 0 Å². The number of phenolic OH excluding ortho intramolecular Hbond substituents is 1. The molecule has 0 unspecified atom stereocenters. The number of hydrogen-bond acceptors (Lipinski definition) is 2. The second kappa shape index (κ2) is 3.55. The highest BCUT2D eigenvalue weighted by Gasteiger charge is 2.48. The maximum atomic E-state index is 14.3. The number of aromatic hydroxyl groups is 1. The van der Waals surface area contributed by atoms with Gasteiger partial charge < -0.3 is 10.1 Å². The maximum Gasteiger partial charge on any atom is 0.174 e. The quantitative estimate of drug-likeness (QED) is 0.774. The van der Waals surface area contributed by atoms with E-state index in [0.29, 0.717) is 17.3 Å². The summed E-state index contributed by atoms with van der Waals surface area (Å²) in [6.07, 6.45) is 3.41. The summed E-state index contributed by atoms with van der Waals surface area (Å²) in [5.74, 6) is 0.649. The second-order valence-corrected chi connectivity index (χ2v) is 6.59. The smallest absolute Gasteiger partial charge is 0.174 e. The minimum Gasteiger partial charge on any atom is -0.505 e. The Morgan fingerprint density at radius 3 is 3.05 bits per heavy atom. The summed E-state index contributed by atoms with van der Waals surface area (Å²) in [5.41, 5.74) is 3.18. The Morgan fingerprint density at radius 2 is 2.20 bits per heavy atom. The molecule has 1 saturated heterocycles. The third-order valence-corrected chi connectivity index (χ3v) is 5.63. The van der Waals surface area contributed by atoms with Gasteiger partial charge in [0.1, 0.15) is 0 Å². The van der Waals surface area contributed by atoms with Crippen molar-refractivity contribution in [2.75, 3.05) is 13.1 Å². The van der Waals surface area contributed by atoms with Crippen LogP contribution in [0.25, 0.3) is 10.9 Å². The summed E-state index contributed by atoms with van der Waals surface area (Å²) in [6, 6.07) is 3.89. The van der Waals surface area contributed by atoms with Gasteiger partial charge in [-0.2, -0.15) is 0 Å². The Balaban J connectivity index is 1.78. The molecule has 5 rings (SSSR count). The maximum absolute atomic E-state index is 14.3. The number of rotatable bonds is 0. The van der Waals surface area contributed by atoms with Gasteiger partial charge in [0.2, 0.25) is 0 Å². The Kier molecular flexibility index (Phi) is 1.98. The number of halogens is 1.